The maximum Gasteiger partial charge on any atom is 0.162 e. The summed E-state index contributed by atoms with van der Waals surface area (Å²) < 4.78 is 0.926. The highest BCUT2D eigenvalue weighted by atomic mass is 79.9. The third-order valence-corrected chi connectivity index (χ3v) is 5.76. The van der Waals surface area contributed by atoms with E-state index in [-0.39, 0.29) is 0 Å². The van der Waals surface area contributed by atoms with Gasteiger partial charge in [-0.2, -0.15) is 0 Å². The lowest BCUT2D eigenvalue weighted by molar-refractivity contribution is 0.641. The van der Waals surface area contributed by atoms with Crippen molar-refractivity contribution in [2.75, 3.05) is 36.0 Å². The second-order valence-corrected chi connectivity index (χ2v) is 8.27. The average molecular weight is 473 g/mol. The topological polar surface area (TPSA) is 58.0 Å². The molecule has 0 saturated carbocycles. The van der Waals surface area contributed by atoms with Gasteiger partial charge in [0, 0.05) is 66.4 Å². The van der Waals surface area contributed by atoms with Crippen LogP contribution in [0.3, 0.4) is 0 Å². The van der Waals surface area contributed by atoms with Crippen LogP contribution in [0.4, 0.5) is 11.6 Å². The number of hydrogen-bond acceptors (Lipinski definition) is 6. The fourth-order valence-electron chi connectivity index (χ4n) is 3.72. The maximum atomic E-state index is 4.92. The largest absolute Gasteiger partial charge is 0.353 e. The fourth-order valence-corrected chi connectivity index (χ4v) is 4.08. The van der Waals surface area contributed by atoms with E-state index in [0.717, 1.165) is 64.9 Å². The summed E-state index contributed by atoms with van der Waals surface area (Å²) in [4.78, 5) is 23.2. The molecule has 4 heterocycles. The van der Waals surface area contributed by atoms with E-state index in [2.05, 4.69) is 47.8 Å². The minimum Gasteiger partial charge on any atom is -0.353 e. The summed E-state index contributed by atoms with van der Waals surface area (Å²) in [6.07, 6.45) is 5.46. The van der Waals surface area contributed by atoms with Crippen LogP contribution in [0, 0.1) is 0 Å². The fraction of sp³-hybridized carbons (Fsp3) is 0.167. The normalized spacial score (nSPS) is 14.0. The second kappa shape index (κ2) is 8.81. The van der Waals surface area contributed by atoms with Gasteiger partial charge < -0.3 is 9.80 Å². The third-order valence-electron chi connectivity index (χ3n) is 5.32. The van der Waals surface area contributed by atoms with E-state index in [1.807, 2.05) is 60.9 Å². The van der Waals surface area contributed by atoms with E-state index in [0.29, 0.717) is 0 Å². The highest BCUT2D eigenvalue weighted by Gasteiger charge is 2.21. The molecular weight excluding hydrogens is 452 g/mol. The van der Waals surface area contributed by atoms with Gasteiger partial charge in [0.1, 0.15) is 11.6 Å². The molecule has 5 rings (SSSR count). The quantitative estimate of drug-likeness (QED) is 0.429. The molecule has 0 bridgehead atoms. The molecule has 0 unspecified atom stereocenters. The monoisotopic (exact) mass is 472 g/mol. The number of pyridine rings is 2. The summed E-state index contributed by atoms with van der Waals surface area (Å²) >= 11 is 3.52. The smallest absolute Gasteiger partial charge is 0.162 e. The van der Waals surface area contributed by atoms with Crippen LogP contribution < -0.4 is 9.80 Å². The van der Waals surface area contributed by atoms with Gasteiger partial charge in [0.15, 0.2) is 5.82 Å². The molecule has 0 atom stereocenters. The Hall–Kier alpha value is -3.32. The molecule has 0 N–H and O–H groups in total. The molecule has 1 aromatic carbocycles. The predicted molar refractivity (Wildman–Crippen MR) is 127 cm³/mol. The molecule has 1 fully saturated rings. The molecular formula is C24H21BrN6. The van der Waals surface area contributed by atoms with Crippen molar-refractivity contribution < 1.29 is 0 Å². The van der Waals surface area contributed by atoms with Crippen molar-refractivity contribution in [3.63, 3.8) is 0 Å². The molecule has 4 aromatic rings. The zero-order valence-electron chi connectivity index (χ0n) is 16.9. The molecule has 6 nitrogen and oxygen atoms in total. The maximum absolute atomic E-state index is 4.92. The molecule has 0 spiro atoms. The van der Waals surface area contributed by atoms with Gasteiger partial charge in [-0.15, -0.1) is 0 Å². The van der Waals surface area contributed by atoms with E-state index in [1.54, 1.807) is 6.20 Å². The van der Waals surface area contributed by atoms with Crippen LogP contribution in [0.15, 0.2) is 83.7 Å². The molecule has 1 aliphatic rings. The molecule has 31 heavy (non-hydrogen) atoms. The van der Waals surface area contributed by atoms with E-state index >= 15 is 0 Å². The average Bonchev–Trinajstić information content (AvgIpc) is 2.85. The SMILES string of the molecule is Brc1cncc(-c2cc(N3CCN(c4ccccn4)CC3)nc(-c3ccccc3)n2)c1. The molecule has 1 aliphatic heterocycles. The van der Waals surface area contributed by atoms with Crippen molar-refractivity contribution in [2.24, 2.45) is 0 Å². The minimum atomic E-state index is 0.722. The van der Waals surface area contributed by atoms with Crippen LogP contribution in [0.2, 0.25) is 0 Å². The number of nitrogens with zero attached hydrogens (tertiary/aromatic N) is 6. The summed E-state index contributed by atoms with van der Waals surface area (Å²) in [5.41, 5.74) is 2.83. The van der Waals surface area contributed by atoms with Gasteiger partial charge in [-0.1, -0.05) is 36.4 Å². The van der Waals surface area contributed by atoms with E-state index in [4.69, 9.17) is 9.97 Å². The Morgan fingerprint density at radius 2 is 1.45 bits per heavy atom. The predicted octanol–water partition coefficient (Wildman–Crippen LogP) is 4.69. The first-order valence-electron chi connectivity index (χ1n) is 10.2. The highest BCUT2D eigenvalue weighted by molar-refractivity contribution is 9.10. The van der Waals surface area contributed by atoms with Crippen LogP contribution >= 0.6 is 15.9 Å². The third kappa shape index (κ3) is 4.41. The van der Waals surface area contributed by atoms with Crippen LogP contribution in [0.25, 0.3) is 22.6 Å². The van der Waals surface area contributed by atoms with Gasteiger partial charge in [-0.25, -0.2) is 15.0 Å². The number of halogens is 1. The minimum absolute atomic E-state index is 0.722. The molecule has 154 valence electrons. The van der Waals surface area contributed by atoms with Gasteiger partial charge in [-0.3, -0.25) is 4.98 Å². The summed E-state index contributed by atoms with van der Waals surface area (Å²) in [5.74, 6) is 2.68. The Morgan fingerprint density at radius 3 is 2.16 bits per heavy atom. The zero-order chi connectivity index (χ0) is 21.0. The second-order valence-electron chi connectivity index (χ2n) is 7.35. The standard InChI is InChI=1S/C24H21BrN6/c25-20-14-19(16-26-17-20)21-15-23(29-24(28-21)18-6-2-1-3-7-18)31-12-10-30(11-13-31)22-8-4-5-9-27-22/h1-9,14-17H,10-13H2. The van der Waals surface area contributed by atoms with Crippen molar-refractivity contribution in [2.45, 2.75) is 0 Å². The lowest BCUT2D eigenvalue weighted by Gasteiger charge is -2.36. The summed E-state index contributed by atoms with van der Waals surface area (Å²) in [5, 5.41) is 0. The highest BCUT2D eigenvalue weighted by Crippen LogP contribution is 2.28. The van der Waals surface area contributed by atoms with Crippen molar-refractivity contribution >= 4 is 27.6 Å². The van der Waals surface area contributed by atoms with Gasteiger partial charge >= 0.3 is 0 Å². The molecule has 1 saturated heterocycles. The van der Waals surface area contributed by atoms with E-state index < -0.39 is 0 Å². The van der Waals surface area contributed by atoms with Crippen molar-refractivity contribution in [1.29, 1.82) is 0 Å². The Morgan fingerprint density at radius 1 is 0.710 bits per heavy atom. The number of piperazine rings is 1. The Kier molecular flexibility index (Phi) is 5.58. The van der Waals surface area contributed by atoms with Crippen LogP contribution in [0.5, 0.6) is 0 Å². The van der Waals surface area contributed by atoms with Crippen molar-refractivity contribution in [3.8, 4) is 22.6 Å². The number of hydrogen-bond donors (Lipinski definition) is 0. The number of benzene rings is 1. The number of aromatic nitrogens is 4. The first-order valence-corrected chi connectivity index (χ1v) is 11.0. The van der Waals surface area contributed by atoms with Crippen molar-refractivity contribution in [3.05, 3.63) is 83.7 Å². The Labute approximate surface area is 189 Å². The van der Waals surface area contributed by atoms with Gasteiger partial charge in [-0.05, 0) is 34.1 Å². The van der Waals surface area contributed by atoms with Crippen LogP contribution in [0.1, 0.15) is 0 Å². The lowest BCUT2D eigenvalue weighted by Crippen LogP contribution is -2.47. The van der Waals surface area contributed by atoms with Gasteiger partial charge in [0.2, 0.25) is 0 Å². The molecule has 0 radical (unpaired) electrons. The van der Waals surface area contributed by atoms with E-state index in [1.165, 1.54) is 0 Å². The van der Waals surface area contributed by atoms with E-state index in [9.17, 15) is 0 Å². The Balaban J connectivity index is 1.47. The van der Waals surface area contributed by atoms with Crippen LogP contribution in [-0.2, 0) is 0 Å². The Bertz CT molecular complexity index is 1160. The summed E-state index contributed by atoms with van der Waals surface area (Å²) in [6.45, 7) is 3.54. The van der Waals surface area contributed by atoms with Gasteiger partial charge in [0.05, 0.1) is 5.69 Å². The van der Waals surface area contributed by atoms with Crippen LogP contribution in [-0.4, -0.2) is 46.1 Å². The lowest BCUT2D eigenvalue weighted by atomic mass is 10.1. The molecule has 0 amide bonds. The molecule has 0 aliphatic carbocycles. The molecule has 3 aromatic heterocycles. The number of rotatable bonds is 4. The molecule has 7 heteroatoms. The number of anilines is 2. The first-order chi connectivity index (χ1) is 15.3. The zero-order valence-corrected chi connectivity index (χ0v) is 18.5. The van der Waals surface area contributed by atoms with Crippen molar-refractivity contribution in [1.82, 2.24) is 19.9 Å². The first kappa shape index (κ1) is 19.6. The summed E-state index contributed by atoms with van der Waals surface area (Å²) in [7, 11) is 0. The summed E-state index contributed by atoms with van der Waals surface area (Å²) in [6, 6.07) is 20.2. The van der Waals surface area contributed by atoms with Gasteiger partial charge in [0.25, 0.3) is 0 Å².